The Morgan fingerprint density at radius 3 is 2.67 bits per heavy atom. The van der Waals surface area contributed by atoms with Crippen molar-refractivity contribution in [2.24, 2.45) is 5.41 Å². The molecule has 0 unspecified atom stereocenters. The molecule has 0 aromatic heterocycles. The second-order valence-electron chi connectivity index (χ2n) is 6.70. The number of likely N-dealkylation sites (tertiary alicyclic amines) is 1. The van der Waals surface area contributed by atoms with Gasteiger partial charge in [-0.2, -0.15) is 0 Å². The summed E-state index contributed by atoms with van der Waals surface area (Å²) < 4.78 is 12.9. The van der Waals surface area contributed by atoms with Gasteiger partial charge in [-0.15, -0.1) is 0 Å². The molecule has 3 amide bonds. The first-order chi connectivity index (χ1) is 11.4. The van der Waals surface area contributed by atoms with Gasteiger partial charge in [-0.05, 0) is 31.2 Å². The van der Waals surface area contributed by atoms with Gasteiger partial charge in [0, 0.05) is 26.1 Å². The lowest BCUT2D eigenvalue weighted by atomic mass is 9.85. The SMILES string of the molecule is CN(CC(=O)N1CC[C@@]2(CC(=O)NC2=O)C1)Cc1ccc(F)cc1. The van der Waals surface area contributed by atoms with Gasteiger partial charge in [0.2, 0.25) is 17.7 Å². The van der Waals surface area contributed by atoms with Gasteiger partial charge in [-0.3, -0.25) is 24.6 Å². The summed E-state index contributed by atoms with van der Waals surface area (Å²) >= 11 is 0. The highest BCUT2D eigenvalue weighted by Crippen LogP contribution is 2.37. The second kappa shape index (κ2) is 6.32. The van der Waals surface area contributed by atoms with Crippen molar-refractivity contribution in [1.29, 1.82) is 0 Å². The van der Waals surface area contributed by atoms with Crippen molar-refractivity contribution in [3.05, 3.63) is 35.6 Å². The largest absolute Gasteiger partial charge is 0.340 e. The van der Waals surface area contributed by atoms with Crippen LogP contribution in [0, 0.1) is 11.2 Å². The third-order valence-electron chi connectivity index (χ3n) is 4.71. The zero-order chi connectivity index (χ0) is 17.3. The fourth-order valence-corrected chi connectivity index (χ4v) is 3.39. The van der Waals surface area contributed by atoms with Gasteiger partial charge in [-0.1, -0.05) is 12.1 Å². The van der Waals surface area contributed by atoms with Crippen LogP contribution in [0.2, 0.25) is 0 Å². The van der Waals surface area contributed by atoms with Crippen LogP contribution in [0.4, 0.5) is 4.39 Å². The highest BCUT2D eigenvalue weighted by molar-refractivity contribution is 6.06. The van der Waals surface area contributed by atoms with E-state index in [0.717, 1.165) is 5.56 Å². The van der Waals surface area contributed by atoms with E-state index in [9.17, 15) is 18.8 Å². The summed E-state index contributed by atoms with van der Waals surface area (Å²) in [6.45, 7) is 1.53. The number of carbonyl (C=O) groups is 3. The summed E-state index contributed by atoms with van der Waals surface area (Å²) in [5.41, 5.74) is 0.188. The van der Waals surface area contributed by atoms with Gasteiger partial charge in [0.05, 0.1) is 12.0 Å². The summed E-state index contributed by atoms with van der Waals surface area (Å²) in [5.74, 6) is -0.877. The molecule has 0 saturated carbocycles. The van der Waals surface area contributed by atoms with Gasteiger partial charge in [-0.25, -0.2) is 4.39 Å². The summed E-state index contributed by atoms with van der Waals surface area (Å²) in [6, 6.07) is 6.17. The molecule has 7 heteroatoms. The summed E-state index contributed by atoms with van der Waals surface area (Å²) in [4.78, 5) is 39.3. The number of likely N-dealkylation sites (N-methyl/N-ethyl adjacent to an activating group) is 1. The first-order valence-corrected chi connectivity index (χ1v) is 7.93. The van der Waals surface area contributed by atoms with E-state index in [2.05, 4.69) is 5.32 Å². The molecule has 0 aliphatic carbocycles. The van der Waals surface area contributed by atoms with Gasteiger partial charge < -0.3 is 4.90 Å². The van der Waals surface area contributed by atoms with Crippen molar-refractivity contribution in [1.82, 2.24) is 15.1 Å². The smallest absolute Gasteiger partial charge is 0.236 e. The predicted octanol–water partition coefficient (Wildman–Crippen LogP) is 0.523. The third kappa shape index (κ3) is 3.31. The Bertz CT molecular complexity index is 676. The molecule has 0 radical (unpaired) electrons. The van der Waals surface area contributed by atoms with Crippen molar-refractivity contribution in [3.63, 3.8) is 0 Å². The minimum absolute atomic E-state index is 0.0661. The Hall–Kier alpha value is -2.28. The molecule has 2 aliphatic rings. The molecule has 6 nitrogen and oxygen atoms in total. The molecule has 1 aromatic carbocycles. The van der Waals surface area contributed by atoms with Crippen molar-refractivity contribution < 1.29 is 18.8 Å². The van der Waals surface area contributed by atoms with Crippen LogP contribution in [0.15, 0.2) is 24.3 Å². The molecule has 128 valence electrons. The number of hydrogen-bond donors (Lipinski definition) is 1. The monoisotopic (exact) mass is 333 g/mol. The lowest BCUT2D eigenvalue weighted by Crippen LogP contribution is -2.40. The van der Waals surface area contributed by atoms with Crippen molar-refractivity contribution in [3.8, 4) is 0 Å². The molecule has 0 bridgehead atoms. The summed E-state index contributed by atoms with van der Waals surface area (Å²) in [7, 11) is 1.82. The van der Waals surface area contributed by atoms with Crippen molar-refractivity contribution >= 4 is 17.7 Å². The number of halogens is 1. The fraction of sp³-hybridized carbons (Fsp3) is 0.471. The highest BCUT2D eigenvalue weighted by atomic mass is 19.1. The number of hydrogen-bond acceptors (Lipinski definition) is 4. The molecule has 1 atom stereocenters. The summed E-state index contributed by atoms with van der Waals surface area (Å²) in [5, 5.41) is 2.33. The Balaban J connectivity index is 1.55. The van der Waals surface area contributed by atoms with E-state index in [1.54, 1.807) is 17.0 Å². The standard InChI is InChI=1S/C17H20FN3O3/c1-20(9-12-2-4-13(18)5-3-12)10-15(23)21-7-6-17(11-21)8-14(22)19-16(17)24/h2-5H,6-11H2,1H3,(H,19,22,24)/t17-/m1/s1. The average Bonchev–Trinajstić information content (AvgIpc) is 3.06. The van der Waals surface area contributed by atoms with Gasteiger partial charge in [0.1, 0.15) is 5.82 Å². The maximum atomic E-state index is 12.9. The predicted molar refractivity (Wildman–Crippen MR) is 84.1 cm³/mol. The van der Waals surface area contributed by atoms with Gasteiger partial charge >= 0.3 is 0 Å². The minimum Gasteiger partial charge on any atom is -0.340 e. The van der Waals surface area contributed by atoms with Crippen LogP contribution >= 0.6 is 0 Å². The molecule has 3 rings (SSSR count). The number of carbonyl (C=O) groups excluding carboxylic acids is 3. The lowest BCUT2D eigenvalue weighted by Gasteiger charge is -2.23. The Kier molecular flexibility index (Phi) is 4.36. The van der Waals surface area contributed by atoms with Crippen LogP contribution in [0.25, 0.3) is 0 Å². The number of benzene rings is 1. The van der Waals surface area contributed by atoms with Crippen molar-refractivity contribution in [2.45, 2.75) is 19.4 Å². The normalized spacial score (nSPS) is 23.4. The van der Waals surface area contributed by atoms with Crippen molar-refractivity contribution in [2.75, 3.05) is 26.7 Å². The van der Waals surface area contributed by atoms with Gasteiger partial charge in [0.25, 0.3) is 0 Å². The van der Waals surface area contributed by atoms with Crippen LogP contribution in [0.1, 0.15) is 18.4 Å². The molecule has 2 fully saturated rings. The summed E-state index contributed by atoms with van der Waals surface area (Å²) in [6.07, 6.45) is 0.693. The molecule has 2 heterocycles. The molecule has 24 heavy (non-hydrogen) atoms. The molecule has 1 N–H and O–H groups in total. The lowest BCUT2D eigenvalue weighted by molar-refractivity contribution is -0.132. The number of amides is 3. The molecule has 1 spiro atoms. The first-order valence-electron chi connectivity index (χ1n) is 7.93. The van der Waals surface area contributed by atoms with Crippen LogP contribution < -0.4 is 5.32 Å². The van der Waals surface area contributed by atoms with Gasteiger partial charge in [0.15, 0.2) is 0 Å². The van der Waals surface area contributed by atoms with E-state index >= 15 is 0 Å². The average molecular weight is 333 g/mol. The maximum absolute atomic E-state index is 12.9. The topological polar surface area (TPSA) is 69.7 Å². The highest BCUT2D eigenvalue weighted by Gasteiger charge is 2.51. The second-order valence-corrected chi connectivity index (χ2v) is 6.70. The number of nitrogens with one attached hydrogen (secondary N) is 1. The Labute approximate surface area is 139 Å². The molecule has 2 saturated heterocycles. The van der Waals surface area contributed by atoms with Crippen LogP contribution in [0.3, 0.4) is 0 Å². The number of rotatable bonds is 4. The quantitative estimate of drug-likeness (QED) is 0.816. The number of nitrogens with zero attached hydrogens (tertiary/aromatic N) is 2. The van der Waals surface area contributed by atoms with Crippen LogP contribution in [0.5, 0.6) is 0 Å². The maximum Gasteiger partial charge on any atom is 0.236 e. The first kappa shape index (κ1) is 16.6. The van der Waals surface area contributed by atoms with E-state index in [4.69, 9.17) is 0 Å². The number of imide groups is 1. The van der Waals surface area contributed by atoms with E-state index in [1.165, 1.54) is 12.1 Å². The zero-order valence-electron chi connectivity index (χ0n) is 13.5. The Morgan fingerprint density at radius 1 is 1.33 bits per heavy atom. The zero-order valence-corrected chi connectivity index (χ0v) is 13.5. The fourth-order valence-electron chi connectivity index (χ4n) is 3.39. The minimum atomic E-state index is -0.734. The van der Waals surface area contributed by atoms with E-state index in [-0.39, 0.29) is 36.5 Å². The van der Waals surface area contributed by atoms with E-state index in [0.29, 0.717) is 26.1 Å². The third-order valence-corrected chi connectivity index (χ3v) is 4.71. The molecule has 2 aliphatic heterocycles. The van der Waals surface area contributed by atoms with E-state index in [1.807, 2.05) is 11.9 Å². The van der Waals surface area contributed by atoms with E-state index < -0.39 is 5.41 Å². The van der Waals surface area contributed by atoms with Crippen LogP contribution in [-0.2, 0) is 20.9 Å². The molecular formula is C17H20FN3O3. The van der Waals surface area contributed by atoms with Crippen LogP contribution in [-0.4, -0.2) is 54.2 Å². The Morgan fingerprint density at radius 2 is 2.04 bits per heavy atom. The molecule has 1 aromatic rings. The molecular weight excluding hydrogens is 313 g/mol.